The van der Waals surface area contributed by atoms with Crippen LogP contribution in [0, 0.1) is 0 Å². The Balaban J connectivity index is 2.42. The average Bonchev–Trinajstić information content (AvgIpc) is 3.09. The Bertz CT molecular complexity index is 643. The zero-order valence-electron chi connectivity index (χ0n) is 11.9. The van der Waals surface area contributed by atoms with Crippen LogP contribution < -0.4 is 5.73 Å². The molecule has 0 saturated heterocycles. The highest BCUT2D eigenvalue weighted by Gasteiger charge is 2.74. The molecule has 0 amide bonds. The predicted octanol–water partition coefficient (Wildman–Crippen LogP) is 1.61. The molecule has 1 aromatic rings. The molecular weight excluding hydrogens is 358 g/mol. The van der Waals surface area contributed by atoms with E-state index in [1.54, 1.807) is 38.1 Å². The molecule has 0 bridgehead atoms. The van der Waals surface area contributed by atoms with E-state index in [0.717, 1.165) is 10.0 Å². The molecular formula is C14H18BrNO4S. The molecule has 7 heteroatoms. The van der Waals surface area contributed by atoms with E-state index in [4.69, 9.17) is 10.5 Å². The van der Waals surface area contributed by atoms with Gasteiger partial charge in [-0.1, -0.05) is 35.0 Å². The van der Waals surface area contributed by atoms with Gasteiger partial charge in [0.2, 0.25) is 0 Å². The number of benzene rings is 1. The van der Waals surface area contributed by atoms with Crippen molar-refractivity contribution in [2.75, 3.05) is 12.4 Å². The molecule has 2 N–H and O–H groups in total. The summed E-state index contributed by atoms with van der Waals surface area (Å²) in [5, 5.41) is -0.921. The van der Waals surface area contributed by atoms with Crippen LogP contribution in [0.15, 0.2) is 28.7 Å². The molecule has 0 heterocycles. The highest BCUT2D eigenvalue weighted by atomic mass is 79.9. The van der Waals surface area contributed by atoms with Gasteiger partial charge in [0.05, 0.1) is 11.9 Å². The number of carbonyl (C=O) groups excluding carboxylic acids is 1. The zero-order chi connectivity index (χ0) is 15.8. The summed E-state index contributed by atoms with van der Waals surface area (Å²) in [7, 11) is -3.44. The van der Waals surface area contributed by atoms with Gasteiger partial charge in [-0.2, -0.15) is 0 Å². The molecule has 0 aromatic heterocycles. The number of esters is 1. The summed E-state index contributed by atoms with van der Waals surface area (Å²) in [6.45, 7) is 3.39. The minimum absolute atomic E-state index is 0.0525. The fourth-order valence-electron chi connectivity index (χ4n) is 2.68. The molecule has 1 aromatic carbocycles. The second-order valence-corrected chi connectivity index (χ2v) is 8.38. The maximum Gasteiger partial charge on any atom is 0.328 e. The first-order valence-electron chi connectivity index (χ1n) is 6.72. The number of carbonyl (C=O) groups is 1. The van der Waals surface area contributed by atoms with Gasteiger partial charge in [0, 0.05) is 16.1 Å². The number of sulfone groups is 1. The minimum atomic E-state index is -3.44. The third-order valence-electron chi connectivity index (χ3n) is 3.83. The van der Waals surface area contributed by atoms with Gasteiger partial charge < -0.3 is 10.5 Å². The second kappa shape index (κ2) is 5.70. The van der Waals surface area contributed by atoms with Crippen LogP contribution in [-0.2, 0) is 19.4 Å². The predicted molar refractivity (Wildman–Crippen MR) is 83.7 cm³/mol. The smallest absolute Gasteiger partial charge is 0.328 e. The SMILES string of the molecule is CCOC(=O)[C@@]1(N)[C@H](S(=O)(=O)CC)[C@@H]1c1ccc(Br)cc1. The lowest BCUT2D eigenvalue weighted by Crippen LogP contribution is -2.41. The maximum atomic E-state index is 12.2. The lowest BCUT2D eigenvalue weighted by atomic mass is 10.1. The summed E-state index contributed by atoms with van der Waals surface area (Å²) in [6.07, 6.45) is 0. The fraction of sp³-hybridized carbons (Fsp3) is 0.500. The number of rotatable bonds is 5. The van der Waals surface area contributed by atoms with E-state index >= 15 is 0 Å². The molecule has 1 aliphatic carbocycles. The maximum absolute atomic E-state index is 12.2. The summed E-state index contributed by atoms with van der Waals surface area (Å²) >= 11 is 3.32. The van der Waals surface area contributed by atoms with Crippen molar-refractivity contribution in [1.82, 2.24) is 0 Å². The van der Waals surface area contributed by atoms with Gasteiger partial charge in [-0.05, 0) is 24.6 Å². The van der Waals surface area contributed by atoms with Crippen LogP contribution in [0.25, 0.3) is 0 Å². The summed E-state index contributed by atoms with van der Waals surface area (Å²) in [6, 6.07) is 7.16. The Morgan fingerprint density at radius 2 is 1.90 bits per heavy atom. The molecule has 2 rings (SSSR count). The Morgan fingerprint density at radius 3 is 2.38 bits per heavy atom. The van der Waals surface area contributed by atoms with Crippen LogP contribution in [0.2, 0.25) is 0 Å². The van der Waals surface area contributed by atoms with Crippen LogP contribution in [0.4, 0.5) is 0 Å². The van der Waals surface area contributed by atoms with Gasteiger partial charge in [-0.15, -0.1) is 0 Å². The van der Waals surface area contributed by atoms with Gasteiger partial charge in [0.15, 0.2) is 9.84 Å². The average molecular weight is 376 g/mol. The zero-order valence-corrected chi connectivity index (χ0v) is 14.3. The van der Waals surface area contributed by atoms with Gasteiger partial charge >= 0.3 is 5.97 Å². The van der Waals surface area contributed by atoms with Crippen molar-refractivity contribution in [2.24, 2.45) is 5.73 Å². The van der Waals surface area contributed by atoms with Crippen molar-refractivity contribution in [3.63, 3.8) is 0 Å². The van der Waals surface area contributed by atoms with E-state index in [9.17, 15) is 13.2 Å². The summed E-state index contributed by atoms with van der Waals surface area (Å²) in [4.78, 5) is 12.1. The van der Waals surface area contributed by atoms with Crippen molar-refractivity contribution in [1.29, 1.82) is 0 Å². The number of ether oxygens (including phenoxy) is 1. The first-order valence-corrected chi connectivity index (χ1v) is 9.23. The van der Waals surface area contributed by atoms with Crippen molar-refractivity contribution >= 4 is 31.7 Å². The molecule has 3 atom stereocenters. The molecule has 1 saturated carbocycles. The van der Waals surface area contributed by atoms with Crippen molar-refractivity contribution < 1.29 is 17.9 Å². The van der Waals surface area contributed by atoms with Crippen LogP contribution in [0.3, 0.4) is 0 Å². The van der Waals surface area contributed by atoms with E-state index in [-0.39, 0.29) is 12.4 Å². The van der Waals surface area contributed by atoms with E-state index in [1.807, 2.05) is 0 Å². The Hall–Kier alpha value is -0.920. The summed E-state index contributed by atoms with van der Waals surface area (Å²) in [5.41, 5.74) is 5.38. The third kappa shape index (κ3) is 2.74. The van der Waals surface area contributed by atoms with Crippen molar-refractivity contribution in [3.05, 3.63) is 34.3 Å². The fourth-order valence-corrected chi connectivity index (χ4v) is 4.86. The normalized spacial score (nSPS) is 28.2. The Labute approximate surface area is 132 Å². The van der Waals surface area contributed by atoms with Crippen LogP contribution in [-0.4, -0.2) is 37.5 Å². The molecule has 0 aliphatic heterocycles. The van der Waals surface area contributed by atoms with Gasteiger partial charge in [-0.3, -0.25) is 0 Å². The van der Waals surface area contributed by atoms with Crippen LogP contribution in [0.1, 0.15) is 25.3 Å². The summed E-state index contributed by atoms with van der Waals surface area (Å²) in [5.74, 6) is -1.27. The number of halogens is 1. The van der Waals surface area contributed by atoms with Crippen LogP contribution >= 0.6 is 15.9 Å². The van der Waals surface area contributed by atoms with Gasteiger partial charge in [0.1, 0.15) is 5.54 Å². The number of hydrogen-bond donors (Lipinski definition) is 1. The second-order valence-electron chi connectivity index (χ2n) is 5.05. The molecule has 1 aliphatic rings. The number of hydrogen-bond acceptors (Lipinski definition) is 5. The highest BCUT2D eigenvalue weighted by molar-refractivity contribution is 9.10. The van der Waals surface area contributed by atoms with E-state index < -0.39 is 32.5 Å². The lowest BCUT2D eigenvalue weighted by molar-refractivity contribution is -0.145. The lowest BCUT2D eigenvalue weighted by Gasteiger charge is -2.10. The first kappa shape index (κ1) is 16.5. The molecule has 0 spiro atoms. The Morgan fingerprint density at radius 1 is 1.33 bits per heavy atom. The third-order valence-corrected chi connectivity index (χ3v) is 6.60. The molecule has 21 heavy (non-hydrogen) atoms. The summed E-state index contributed by atoms with van der Waals surface area (Å²) < 4.78 is 30.3. The molecule has 0 radical (unpaired) electrons. The molecule has 116 valence electrons. The molecule has 1 fully saturated rings. The van der Waals surface area contributed by atoms with Crippen molar-refractivity contribution in [2.45, 2.75) is 30.6 Å². The molecule has 5 nitrogen and oxygen atoms in total. The van der Waals surface area contributed by atoms with E-state index in [0.29, 0.717) is 0 Å². The quantitative estimate of drug-likeness (QED) is 0.789. The monoisotopic (exact) mass is 375 g/mol. The molecule has 0 unspecified atom stereocenters. The minimum Gasteiger partial charge on any atom is -0.465 e. The largest absolute Gasteiger partial charge is 0.465 e. The topological polar surface area (TPSA) is 86.5 Å². The van der Waals surface area contributed by atoms with E-state index in [1.165, 1.54) is 0 Å². The van der Waals surface area contributed by atoms with E-state index in [2.05, 4.69) is 15.9 Å². The first-order chi connectivity index (χ1) is 9.79. The van der Waals surface area contributed by atoms with Crippen molar-refractivity contribution in [3.8, 4) is 0 Å². The number of nitrogens with two attached hydrogens (primary N) is 1. The van der Waals surface area contributed by atoms with Gasteiger partial charge in [-0.25, -0.2) is 13.2 Å². The highest BCUT2D eigenvalue weighted by Crippen LogP contribution is 2.55. The van der Waals surface area contributed by atoms with Crippen LogP contribution in [0.5, 0.6) is 0 Å². The standard InChI is InChI=1S/C14H18BrNO4S/c1-3-20-13(17)14(16)11(12(14)21(18,19)4-2)9-5-7-10(15)8-6-9/h5-8,11-12H,3-4,16H2,1-2H3/t11-,12+,14-/m0/s1. The Kier molecular flexibility index (Phi) is 4.46. The van der Waals surface area contributed by atoms with Gasteiger partial charge in [0.25, 0.3) is 0 Å².